The van der Waals surface area contributed by atoms with Crippen LogP contribution in [0.3, 0.4) is 0 Å². The molecular formula is C14H20ClNO2. The number of hydrogen-bond acceptors (Lipinski definition) is 3. The second-order valence-corrected chi connectivity index (χ2v) is 4.93. The molecule has 1 N–H and O–H groups in total. The number of halogens is 1. The molecule has 2 atom stereocenters. The van der Waals surface area contributed by atoms with E-state index >= 15 is 0 Å². The summed E-state index contributed by atoms with van der Waals surface area (Å²) in [6.45, 7) is 5.06. The highest BCUT2D eigenvalue weighted by Gasteiger charge is 2.16. The average molecular weight is 270 g/mol. The van der Waals surface area contributed by atoms with Gasteiger partial charge in [-0.15, -0.1) is 0 Å². The second kappa shape index (κ2) is 7.10. The molecule has 0 radical (unpaired) electrons. The maximum absolute atomic E-state index is 6.02. The molecular weight excluding hydrogens is 250 g/mol. The highest BCUT2D eigenvalue weighted by atomic mass is 35.5. The van der Waals surface area contributed by atoms with E-state index in [1.54, 1.807) is 0 Å². The maximum atomic E-state index is 6.02. The first kappa shape index (κ1) is 13.8. The normalized spacial score (nSPS) is 21.8. The molecule has 0 saturated carbocycles. The third kappa shape index (κ3) is 3.95. The SMILES string of the molecule is CCC(NCC1COCCO1)c1cccc(Cl)c1. The first-order valence-corrected chi connectivity index (χ1v) is 6.85. The minimum atomic E-state index is 0.159. The Balaban J connectivity index is 1.88. The highest BCUT2D eigenvalue weighted by molar-refractivity contribution is 6.30. The predicted molar refractivity (Wildman–Crippen MR) is 73.0 cm³/mol. The summed E-state index contributed by atoms with van der Waals surface area (Å²) in [4.78, 5) is 0. The number of rotatable bonds is 5. The van der Waals surface area contributed by atoms with Gasteiger partial charge in [0.15, 0.2) is 0 Å². The summed E-state index contributed by atoms with van der Waals surface area (Å²) in [5.41, 5.74) is 1.22. The first-order valence-electron chi connectivity index (χ1n) is 6.47. The van der Waals surface area contributed by atoms with Crippen LogP contribution < -0.4 is 5.32 Å². The molecule has 1 aliphatic rings. The lowest BCUT2D eigenvalue weighted by molar-refractivity contribution is -0.0871. The molecule has 18 heavy (non-hydrogen) atoms. The van der Waals surface area contributed by atoms with Crippen LogP contribution in [0.1, 0.15) is 24.9 Å². The van der Waals surface area contributed by atoms with Crippen molar-refractivity contribution >= 4 is 11.6 Å². The van der Waals surface area contributed by atoms with Crippen molar-refractivity contribution in [3.63, 3.8) is 0 Å². The van der Waals surface area contributed by atoms with Gasteiger partial charge in [-0.3, -0.25) is 0 Å². The molecule has 0 aromatic heterocycles. The van der Waals surface area contributed by atoms with E-state index < -0.39 is 0 Å². The van der Waals surface area contributed by atoms with Crippen LogP contribution >= 0.6 is 11.6 Å². The lowest BCUT2D eigenvalue weighted by Crippen LogP contribution is -2.38. The predicted octanol–water partition coefficient (Wildman–Crippen LogP) is 2.80. The minimum absolute atomic E-state index is 0.159. The van der Waals surface area contributed by atoms with E-state index in [-0.39, 0.29) is 6.10 Å². The van der Waals surface area contributed by atoms with Crippen LogP contribution in [0.15, 0.2) is 24.3 Å². The fraction of sp³-hybridized carbons (Fsp3) is 0.571. The van der Waals surface area contributed by atoms with E-state index in [4.69, 9.17) is 21.1 Å². The molecule has 4 heteroatoms. The van der Waals surface area contributed by atoms with Gasteiger partial charge in [-0.2, -0.15) is 0 Å². The van der Waals surface area contributed by atoms with Crippen LogP contribution in [0.5, 0.6) is 0 Å². The van der Waals surface area contributed by atoms with Gasteiger partial charge < -0.3 is 14.8 Å². The van der Waals surface area contributed by atoms with Crippen molar-refractivity contribution in [2.24, 2.45) is 0 Å². The van der Waals surface area contributed by atoms with Crippen LogP contribution in [0.2, 0.25) is 5.02 Å². The Morgan fingerprint density at radius 2 is 2.33 bits per heavy atom. The summed E-state index contributed by atoms with van der Waals surface area (Å²) in [6, 6.07) is 8.32. The quantitative estimate of drug-likeness (QED) is 0.892. The van der Waals surface area contributed by atoms with Gasteiger partial charge in [0, 0.05) is 17.6 Å². The molecule has 1 aromatic rings. The van der Waals surface area contributed by atoms with Crippen LogP contribution in [-0.2, 0) is 9.47 Å². The molecule has 1 fully saturated rings. The molecule has 1 heterocycles. The molecule has 2 rings (SSSR count). The molecule has 0 aliphatic carbocycles. The van der Waals surface area contributed by atoms with Crippen molar-refractivity contribution in [2.75, 3.05) is 26.4 Å². The van der Waals surface area contributed by atoms with Crippen molar-refractivity contribution in [3.8, 4) is 0 Å². The molecule has 0 amide bonds. The van der Waals surface area contributed by atoms with Gasteiger partial charge in [-0.05, 0) is 24.1 Å². The van der Waals surface area contributed by atoms with E-state index in [0.29, 0.717) is 25.9 Å². The lowest BCUT2D eigenvalue weighted by atomic mass is 10.0. The number of nitrogens with one attached hydrogen (secondary N) is 1. The summed E-state index contributed by atoms with van der Waals surface area (Å²) in [5, 5.41) is 4.30. The Morgan fingerprint density at radius 3 is 3.00 bits per heavy atom. The second-order valence-electron chi connectivity index (χ2n) is 4.49. The standard InChI is InChI=1S/C14H20ClNO2/c1-2-14(11-4-3-5-12(15)8-11)16-9-13-10-17-6-7-18-13/h3-5,8,13-14,16H,2,6-7,9-10H2,1H3. The Bertz CT molecular complexity index is 367. The van der Waals surface area contributed by atoms with E-state index in [1.165, 1.54) is 5.56 Å². The van der Waals surface area contributed by atoms with Crippen molar-refractivity contribution in [3.05, 3.63) is 34.9 Å². The van der Waals surface area contributed by atoms with Crippen LogP contribution in [-0.4, -0.2) is 32.5 Å². The number of benzene rings is 1. The highest BCUT2D eigenvalue weighted by Crippen LogP contribution is 2.20. The Kier molecular flexibility index (Phi) is 5.45. The van der Waals surface area contributed by atoms with E-state index in [2.05, 4.69) is 18.3 Å². The maximum Gasteiger partial charge on any atom is 0.0933 e. The van der Waals surface area contributed by atoms with Crippen molar-refractivity contribution in [2.45, 2.75) is 25.5 Å². The van der Waals surface area contributed by atoms with Gasteiger partial charge in [0.2, 0.25) is 0 Å². The molecule has 3 nitrogen and oxygen atoms in total. The largest absolute Gasteiger partial charge is 0.376 e. The zero-order valence-electron chi connectivity index (χ0n) is 10.7. The third-order valence-electron chi connectivity index (χ3n) is 3.14. The minimum Gasteiger partial charge on any atom is -0.376 e. The Hall–Kier alpha value is -0.610. The molecule has 0 bridgehead atoms. The van der Waals surface area contributed by atoms with E-state index in [1.807, 2.05) is 18.2 Å². The summed E-state index contributed by atoms with van der Waals surface area (Å²) >= 11 is 6.02. The Labute approximate surface area is 113 Å². The topological polar surface area (TPSA) is 30.5 Å². The van der Waals surface area contributed by atoms with Gasteiger partial charge in [-0.1, -0.05) is 30.7 Å². The first-order chi connectivity index (χ1) is 8.79. The third-order valence-corrected chi connectivity index (χ3v) is 3.37. The van der Waals surface area contributed by atoms with Crippen LogP contribution in [0, 0.1) is 0 Å². The molecule has 2 unspecified atom stereocenters. The molecule has 1 saturated heterocycles. The van der Waals surface area contributed by atoms with Crippen molar-refractivity contribution < 1.29 is 9.47 Å². The monoisotopic (exact) mass is 269 g/mol. The van der Waals surface area contributed by atoms with Crippen LogP contribution in [0.4, 0.5) is 0 Å². The number of ether oxygens (including phenoxy) is 2. The van der Waals surface area contributed by atoms with Crippen LogP contribution in [0.25, 0.3) is 0 Å². The van der Waals surface area contributed by atoms with Gasteiger partial charge in [-0.25, -0.2) is 0 Å². The molecule has 100 valence electrons. The summed E-state index contributed by atoms with van der Waals surface area (Å²) in [5.74, 6) is 0. The fourth-order valence-corrected chi connectivity index (χ4v) is 2.35. The van der Waals surface area contributed by atoms with Gasteiger partial charge in [0.25, 0.3) is 0 Å². The number of hydrogen-bond donors (Lipinski definition) is 1. The molecule has 1 aromatic carbocycles. The lowest BCUT2D eigenvalue weighted by Gasteiger charge is -2.26. The van der Waals surface area contributed by atoms with E-state index in [0.717, 1.165) is 18.0 Å². The van der Waals surface area contributed by atoms with Crippen molar-refractivity contribution in [1.82, 2.24) is 5.32 Å². The average Bonchev–Trinajstić information content (AvgIpc) is 2.41. The summed E-state index contributed by atoms with van der Waals surface area (Å²) < 4.78 is 11.0. The van der Waals surface area contributed by atoms with Gasteiger partial charge >= 0.3 is 0 Å². The Morgan fingerprint density at radius 1 is 1.44 bits per heavy atom. The molecule has 1 aliphatic heterocycles. The molecule has 0 spiro atoms. The fourth-order valence-electron chi connectivity index (χ4n) is 2.15. The zero-order chi connectivity index (χ0) is 12.8. The van der Waals surface area contributed by atoms with Gasteiger partial charge in [0.05, 0.1) is 25.9 Å². The summed E-state index contributed by atoms with van der Waals surface area (Å²) in [7, 11) is 0. The zero-order valence-corrected chi connectivity index (χ0v) is 11.5. The van der Waals surface area contributed by atoms with E-state index in [9.17, 15) is 0 Å². The van der Waals surface area contributed by atoms with Gasteiger partial charge in [0.1, 0.15) is 0 Å². The summed E-state index contributed by atoms with van der Waals surface area (Å²) in [6.07, 6.45) is 1.18. The smallest absolute Gasteiger partial charge is 0.0933 e. The van der Waals surface area contributed by atoms with Crippen molar-refractivity contribution in [1.29, 1.82) is 0 Å².